The van der Waals surface area contributed by atoms with E-state index in [1.807, 2.05) is 49.4 Å². The number of aryl methyl sites for hydroxylation is 2. The summed E-state index contributed by atoms with van der Waals surface area (Å²) in [6.45, 7) is 6.56. The van der Waals surface area contributed by atoms with Gasteiger partial charge in [-0.25, -0.2) is 4.98 Å². The normalized spacial score (nSPS) is 13.6. The van der Waals surface area contributed by atoms with Gasteiger partial charge >= 0.3 is 0 Å². The highest BCUT2D eigenvalue weighted by atomic mass is 16.2. The number of aromatic nitrogens is 2. The van der Waals surface area contributed by atoms with E-state index in [9.17, 15) is 9.59 Å². The van der Waals surface area contributed by atoms with Crippen LogP contribution < -0.4 is 10.9 Å². The minimum absolute atomic E-state index is 0.00939. The third-order valence-electron chi connectivity index (χ3n) is 5.75. The maximum atomic E-state index is 13.1. The monoisotopic (exact) mass is 416 g/mol. The summed E-state index contributed by atoms with van der Waals surface area (Å²) in [7, 11) is 0. The number of nitrogens with zero attached hydrogens (tertiary/aromatic N) is 3. The molecule has 6 heteroatoms. The minimum Gasteiger partial charge on any atom is -0.350 e. The highest BCUT2D eigenvalue weighted by molar-refractivity contribution is 5.75. The molecule has 1 amide bonds. The van der Waals surface area contributed by atoms with Gasteiger partial charge in [-0.1, -0.05) is 60.2 Å². The first-order chi connectivity index (χ1) is 15.0. The van der Waals surface area contributed by atoms with E-state index in [-0.39, 0.29) is 18.0 Å². The topological polar surface area (TPSA) is 67.2 Å². The largest absolute Gasteiger partial charge is 0.350 e. The molecule has 2 heterocycles. The average Bonchev–Trinajstić information content (AvgIpc) is 2.77. The quantitative estimate of drug-likeness (QED) is 0.671. The zero-order chi connectivity index (χ0) is 21.8. The molecule has 0 radical (unpaired) electrons. The van der Waals surface area contributed by atoms with Crippen molar-refractivity contribution in [2.45, 2.75) is 46.4 Å². The van der Waals surface area contributed by atoms with Crippen LogP contribution in [0.2, 0.25) is 0 Å². The summed E-state index contributed by atoms with van der Waals surface area (Å²) >= 11 is 0. The van der Waals surface area contributed by atoms with Crippen molar-refractivity contribution < 1.29 is 4.79 Å². The molecule has 0 bridgehead atoms. The van der Waals surface area contributed by atoms with Gasteiger partial charge in [0.1, 0.15) is 12.4 Å². The number of benzene rings is 2. The number of hydrogen-bond donors (Lipinski definition) is 1. The van der Waals surface area contributed by atoms with E-state index >= 15 is 0 Å². The molecule has 160 valence electrons. The first-order valence-electron chi connectivity index (χ1n) is 10.7. The van der Waals surface area contributed by atoms with E-state index in [2.05, 4.69) is 27.3 Å². The van der Waals surface area contributed by atoms with Crippen molar-refractivity contribution in [2.24, 2.45) is 0 Å². The van der Waals surface area contributed by atoms with Crippen molar-refractivity contribution in [1.29, 1.82) is 0 Å². The second-order valence-corrected chi connectivity index (χ2v) is 8.18. The molecule has 0 fully saturated rings. The Kier molecular flexibility index (Phi) is 6.28. The third kappa shape index (κ3) is 5.09. The Morgan fingerprint density at radius 2 is 1.77 bits per heavy atom. The summed E-state index contributed by atoms with van der Waals surface area (Å²) in [6.07, 6.45) is 0.652. The predicted molar refractivity (Wildman–Crippen MR) is 121 cm³/mol. The fourth-order valence-electron chi connectivity index (χ4n) is 3.97. The van der Waals surface area contributed by atoms with E-state index in [4.69, 9.17) is 0 Å². The number of rotatable bonds is 6. The minimum atomic E-state index is -0.186. The summed E-state index contributed by atoms with van der Waals surface area (Å²) in [6, 6.07) is 18.3. The van der Waals surface area contributed by atoms with Crippen molar-refractivity contribution in [2.75, 3.05) is 6.54 Å². The summed E-state index contributed by atoms with van der Waals surface area (Å²) < 4.78 is 1.50. The van der Waals surface area contributed by atoms with Gasteiger partial charge in [-0.2, -0.15) is 0 Å². The van der Waals surface area contributed by atoms with Crippen molar-refractivity contribution in [3.05, 3.63) is 98.7 Å². The lowest BCUT2D eigenvalue weighted by Gasteiger charge is -2.28. The van der Waals surface area contributed by atoms with Crippen molar-refractivity contribution in [3.8, 4) is 0 Å². The molecule has 1 aliphatic heterocycles. The molecule has 0 saturated carbocycles. The Hall–Kier alpha value is -3.25. The van der Waals surface area contributed by atoms with Crippen molar-refractivity contribution in [3.63, 3.8) is 0 Å². The molecule has 1 N–H and O–H groups in total. The Labute approximate surface area is 182 Å². The summed E-state index contributed by atoms with van der Waals surface area (Å²) in [5, 5.41) is 2.90. The molecule has 31 heavy (non-hydrogen) atoms. The van der Waals surface area contributed by atoms with Gasteiger partial charge in [-0.3, -0.25) is 19.1 Å². The van der Waals surface area contributed by atoms with Crippen LogP contribution in [-0.4, -0.2) is 26.9 Å². The Balaban J connectivity index is 1.42. The van der Waals surface area contributed by atoms with E-state index in [0.29, 0.717) is 25.3 Å². The molecule has 4 rings (SSSR count). The van der Waals surface area contributed by atoms with Gasteiger partial charge in [-0.15, -0.1) is 0 Å². The average molecular weight is 417 g/mol. The van der Waals surface area contributed by atoms with Crippen LogP contribution in [0.1, 0.15) is 33.8 Å². The number of fused-ring (bicyclic) bond motifs is 1. The van der Waals surface area contributed by atoms with Gasteiger partial charge in [0.15, 0.2) is 0 Å². The SMILES string of the molecule is Cc1ccc(CNC(=O)Cn2c(C)nc3c(c2=O)CCN(Cc2ccccc2)C3)cc1. The maximum absolute atomic E-state index is 13.1. The molecule has 0 aliphatic carbocycles. The second kappa shape index (κ2) is 9.27. The van der Waals surface area contributed by atoms with Gasteiger partial charge < -0.3 is 5.32 Å². The lowest BCUT2D eigenvalue weighted by molar-refractivity contribution is -0.121. The van der Waals surface area contributed by atoms with E-state index in [1.165, 1.54) is 15.7 Å². The van der Waals surface area contributed by atoms with Crippen LogP contribution in [-0.2, 0) is 37.4 Å². The van der Waals surface area contributed by atoms with Crippen LogP contribution in [0.25, 0.3) is 0 Å². The van der Waals surface area contributed by atoms with Crippen molar-refractivity contribution in [1.82, 2.24) is 19.8 Å². The van der Waals surface area contributed by atoms with Crippen LogP contribution in [0, 0.1) is 13.8 Å². The third-order valence-corrected chi connectivity index (χ3v) is 5.75. The molecule has 1 aromatic heterocycles. The number of amides is 1. The zero-order valence-corrected chi connectivity index (χ0v) is 18.1. The molecule has 2 aromatic carbocycles. The van der Waals surface area contributed by atoms with E-state index in [0.717, 1.165) is 29.9 Å². The van der Waals surface area contributed by atoms with E-state index in [1.54, 1.807) is 6.92 Å². The van der Waals surface area contributed by atoms with Crippen LogP contribution in [0.3, 0.4) is 0 Å². The molecule has 3 aromatic rings. The summed E-state index contributed by atoms with van der Waals surface area (Å²) in [5.41, 5.74) is 4.95. The molecule has 0 saturated heterocycles. The first kappa shape index (κ1) is 21.0. The second-order valence-electron chi connectivity index (χ2n) is 8.18. The lowest BCUT2D eigenvalue weighted by atomic mass is 10.1. The van der Waals surface area contributed by atoms with Gasteiger partial charge in [0.25, 0.3) is 5.56 Å². The van der Waals surface area contributed by atoms with Gasteiger partial charge in [0, 0.05) is 31.7 Å². The van der Waals surface area contributed by atoms with Crippen LogP contribution >= 0.6 is 0 Å². The Morgan fingerprint density at radius 3 is 2.52 bits per heavy atom. The van der Waals surface area contributed by atoms with Crippen LogP contribution in [0.4, 0.5) is 0 Å². The molecule has 0 atom stereocenters. The number of carbonyl (C=O) groups is 1. The Bertz CT molecular complexity index is 1120. The zero-order valence-electron chi connectivity index (χ0n) is 18.1. The maximum Gasteiger partial charge on any atom is 0.257 e. The first-order valence-corrected chi connectivity index (χ1v) is 10.7. The van der Waals surface area contributed by atoms with Crippen LogP contribution in [0.15, 0.2) is 59.4 Å². The summed E-state index contributed by atoms with van der Waals surface area (Å²) in [5.74, 6) is 0.393. The molecular weight excluding hydrogens is 388 g/mol. The number of nitrogens with one attached hydrogen (secondary N) is 1. The van der Waals surface area contributed by atoms with Gasteiger partial charge in [-0.05, 0) is 31.4 Å². The number of hydrogen-bond acceptors (Lipinski definition) is 4. The fourth-order valence-corrected chi connectivity index (χ4v) is 3.97. The molecule has 0 unspecified atom stereocenters. The van der Waals surface area contributed by atoms with Crippen molar-refractivity contribution >= 4 is 5.91 Å². The van der Waals surface area contributed by atoms with Crippen LogP contribution in [0.5, 0.6) is 0 Å². The molecular formula is C25H28N4O2. The molecule has 6 nitrogen and oxygen atoms in total. The highest BCUT2D eigenvalue weighted by Gasteiger charge is 2.23. The standard InChI is InChI=1S/C25H28N4O2/c1-18-8-10-20(11-9-18)14-26-24(30)17-29-19(2)27-23-16-28(13-12-22(23)25(29)31)15-21-6-4-3-5-7-21/h3-11H,12-17H2,1-2H3,(H,26,30). The van der Waals surface area contributed by atoms with E-state index < -0.39 is 0 Å². The molecule has 1 aliphatic rings. The van der Waals surface area contributed by atoms with Gasteiger partial charge in [0.2, 0.25) is 5.91 Å². The smallest absolute Gasteiger partial charge is 0.257 e. The van der Waals surface area contributed by atoms with Gasteiger partial charge in [0.05, 0.1) is 5.69 Å². The lowest BCUT2D eigenvalue weighted by Crippen LogP contribution is -2.40. The fraction of sp³-hybridized carbons (Fsp3) is 0.320. The summed E-state index contributed by atoms with van der Waals surface area (Å²) in [4.78, 5) is 32.5. The number of carbonyl (C=O) groups excluding carboxylic acids is 1. The highest BCUT2D eigenvalue weighted by Crippen LogP contribution is 2.17. The Morgan fingerprint density at radius 1 is 1.03 bits per heavy atom. The molecule has 0 spiro atoms. The predicted octanol–water partition coefficient (Wildman–Crippen LogP) is 2.73.